The lowest BCUT2D eigenvalue weighted by Crippen LogP contribution is -2.19. The molecule has 1 aromatic carbocycles. The molecule has 0 spiro atoms. The van der Waals surface area contributed by atoms with Crippen molar-refractivity contribution in [2.24, 2.45) is 0 Å². The van der Waals surface area contributed by atoms with Crippen molar-refractivity contribution in [3.63, 3.8) is 0 Å². The first kappa shape index (κ1) is 13.4. The van der Waals surface area contributed by atoms with Crippen LogP contribution in [0.3, 0.4) is 0 Å². The molecule has 0 saturated carbocycles. The molecule has 1 aromatic rings. The zero-order chi connectivity index (χ0) is 12.0. The van der Waals surface area contributed by atoms with Crippen LogP contribution < -0.4 is 0 Å². The van der Waals surface area contributed by atoms with Crippen LogP contribution in [-0.2, 0) is 6.54 Å². The van der Waals surface area contributed by atoms with Crippen molar-refractivity contribution < 1.29 is 9.50 Å². The summed E-state index contributed by atoms with van der Waals surface area (Å²) in [5, 5.41) is 8.81. The first-order valence-corrected chi connectivity index (χ1v) is 5.74. The average molecular weight is 246 g/mol. The van der Waals surface area contributed by atoms with Gasteiger partial charge >= 0.3 is 0 Å². The number of nitrogens with zero attached hydrogens (tertiary/aromatic N) is 1. The van der Waals surface area contributed by atoms with Gasteiger partial charge in [-0.3, -0.25) is 0 Å². The highest BCUT2D eigenvalue weighted by Gasteiger charge is 2.04. The van der Waals surface area contributed by atoms with Crippen molar-refractivity contribution in [1.82, 2.24) is 4.90 Å². The van der Waals surface area contributed by atoms with E-state index in [2.05, 4.69) is 4.90 Å². The highest BCUT2D eigenvalue weighted by Crippen LogP contribution is 2.16. The monoisotopic (exact) mass is 245 g/mol. The molecule has 16 heavy (non-hydrogen) atoms. The Morgan fingerprint density at radius 3 is 2.75 bits per heavy atom. The van der Waals surface area contributed by atoms with Gasteiger partial charge < -0.3 is 10.0 Å². The Morgan fingerprint density at radius 2 is 2.12 bits per heavy atom. The molecule has 0 radical (unpaired) electrons. The second-order valence-corrected chi connectivity index (χ2v) is 4.32. The molecule has 0 aliphatic rings. The van der Waals surface area contributed by atoms with Crippen LogP contribution in [-0.4, -0.2) is 30.2 Å². The van der Waals surface area contributed by atoms with Crippen molar-refractivity contribution >= 4 is 11.6 Å². The van der Waals surface area contributed by atoms with E-state index in [9.17, 15) is 4.39 Å². The number of aliphatic hydroxyl groups excluding tert-OH is 1. The number of rotatable bonds is 6. The average Bonchev–Trinajstić information content (AvgIpc) is 2.24. The largest absolute Gasteiger partial charge is 0.396 e. The SMILES string of the molecule is CN(CCCCO)Cc1ccc(Cl)c(F)c1. The molecule has 0 aliphatic carbocycles. The van der Waals surface area contributed by atoms with Crippen LogP contribution >= 0.6 is 11.6 Å². The van der Waals surface area contributed by atoms with Gasteiger partial charge in [0.2, 0.25) is 0 Å². The Balaban J connectivity index is 2.43. The third-order valence-electron chi connectivity index (χ3n) is 2.38. The van der Waals surface area contributed by atoms with Gasteiger partial charge in [-0.25, -0.2) is 4.39 Å². The molecule has 0 unspecified atom stereocenters. The van der Waals surface area contributed by atoms with Crippen LogP contribution in [0.2, 0.25) is 5.02 Å². The molecule has 0 saturated heterocycles. The molecule has 2 nitrogen and oxygen atoms in total. The van der Waals surface area contributed by atoms with Crippen molar-refractivity contribution in [2.45, 2.75) is 19.4 Å². The Morgan fingerprint density at radius 1 is 1.38 bits per heavy atom. The zero-order valence-electron chi connectivity index (χ0n) is 9.42. The molecular formula is C12H17ClFNO. The van der Waals surface area contributed by atoms with Gasteiger partial charge in [-0.2, -0.15) is 0 Å². The van der Waals surface area contributed by atoms with E-state index in [1.807, 2.05) is 13.1 Å². The normalized spacial score (nSPS) is 11.1. The molecule has 0 bridgehead atoms. The van der Waals surface area contributed by atoms with E-state index in [1.165, 1.54) is 6.07 Å². The molecule has 0 heterocycles. The second-order valence-electron chi connectivity index (χ2n) is 3.92. The quantitative estimate of drug-likeness (QED) is 0.779. The van der Waals surface area contributed by atoms with Crippen molar-refractivity contribution in [3.05, 3.63) is 34.6 Å². The van der Waals surface area contributed by atoms with E-state index >= 15 is 0 Å². The number of hydrogen-bond acceptors (Lipinski definition) is 2. The lowest BCUT2D eigenvalue weighted by molar-refractivity contribution is 0.261. The molecule has 1 rings (SSSR count). The first-order valence-electron chi connectivity index (χ1n) is 5.37. The fraction of sp³-hybridized carbons (Fsp3) is 0.500. The van der Waals surface area contributed by atoms with E-state index in [-0.39, 0.29) is 17.4 Å². The minimum absolute atomic E-state index is 0.159. The summed E-state index contributed by atoms with van der Waals surface area (Å²) in [6, 6.07) is 4.87. The van der Waals surface area contributed by atoms with Gasteiger partial charge in [0.05, 0.1) is 5.02 Å². The number of unbranched alkanes of at least 4 members (excludes halogenated alkanes) is 1. The van der Waals surface area contributed by atoms with Gasteiger partial charge in [0.1, 0.15) is 5.82 Å². The van der Waals surface area contributed by atoms with E-state index in [4.69, 9.17) is 16.7 Å². The Bertz CT molecular complexity index is 333. The topological polar surface area (TPSA) is 23.5 Å². The first-order chi connectivity index (χ1) is 7.63. The maximum absolute atomic E-state index is 13.2. The maximum Gasteiger partial charge on any atom is 0.142 e. The third-order valence-corrected chi connectivity index (χ3v) is 2.69. The highest BCUT2D eigenvalue weighted by atomic mass is 35.5. The third kappa shape index (κ3) is 4.47. The van der Waals surface area contributed by atoms with Gasteiger partial charge in [0, 0.05) is 13.2 Å². The summed E-state index contributed by atoms with van der Waals surface area (Å²) in [6.07, 6.45) is 1.75. The van der Waals surface area contributed by atoms with Crippen LogP contribution in [0, 0.1) is 5.82 Å². The van der Waals surface area contributed by atoms with Crippen LogP contribution in [0.1, 0.15) is 18.4 Å². The van der Waals surface area contributed by atoms with Crippen LogP contribution in [0.4, 0.5) is 4.39 Å². The number of hydrogen-bond donors (Lipinski definition) is 1. The minimum Gasteiger partial charge on any atom is -0.396 e. The maximum atomic E-state index is 13.2. The number of halogens is 2. The van der Waals surface area contributed by atoms with Gasteiger partial charge in [0.15, 0.2) is 0 Å². The summed E-state index contributed by atoms with van der Waals surface area (Å²) in [5.74, 6) is -0.372. The molecule has 1 N–H and O–H groups in total. The van der Waals surface area contributed by atoms with Gasteiger partial charge in [-0.15, -0.1) is 0 Å². The van der Waals surface area contributed by atoms with Gasteiger partial charge in [-0.05, 0) is 44.1 Å². The minimum atomic E-state index is -0.372. The van der Waals surface area contributed by atoms with Crippen molar-refractivity contribution in [2.75, 3.05) is 20.2 Å². The fourth-order valence-corrected chi connectivity index (χ4v) is 1.64. The molecule has 0 atom stereocenters. The van der Waals surface area contributed by atoms with Crippen molar-refractivity contribution in [1.29, 1.82) is 0 Å². The number of aliphatic hydroxyl groups is 1. The zero-order valence-corrected chi connectivity index (χ0v) is 10.2. The fourth-order valence-electron chi connectivity index (χ4n) is 1.52. The Hall–Kier alpha value is -0.640. The predicted molar refractivity (Wildman–Crippen MR) is 64.1 cm³/mol. The highest BCUT2D eigenvalue weighted by molar-refractivity contribution is 6.30. The molecule has 4 heteroatoms. The molecule has 0 fully saturated rings. The summed E-state index contributed by atoms with van der Waals surface area (Å²) in [4.78, 5) is 2.10. The molecule has 0 aromatic heterocycles. The van der Waals surface area contributed by atoms with E-state index in [0.29, 0.717) is 6.54 Å². The summed E-state index contributed by atoms with van der Waals surface area (Å²) < 4.78 is 13.2. The van der Waals surface area contributed by atoms with E-state index in [1.54, 1.807) is 6.07 Å². The second kappa shape index (κ2) is 6.84. The molecule has 90 valence electrons. The summed E-state index contributed by atoms with van der Waals surface area (Å²) in [5.41, 5.74) is 0.911. The van der Waals surface area contributed by atoms with Gasteiger partial charge in [-0.1, -0.05) is 17.7 Å². The van der Waals surface area contributed by atoms with E-state index < -0.39 is 0 Å². The standard InChI is InChI=1S/C12H17ClFNO/c1-15(6-2-3-7-16)9-10-4-5-11(13)12(14)8-10/h4-5,8,16H,2-3,6-7,9H2,1H3. The lowest BCUT2D eigenvalue weighted by atomic mass is 10.2. The van der Waals surface area contributed by atoms with Gasteiger partial charge in [0.25, 0.3) is 0 Å². The molecular weight excluding hydrogens is 229 g/mol. The summed E-state index contributed by atoms with van der Waals surface area (Å²) in [7, 11) is 1.98. The van der Waals surface area contributed by atoms with Crippen LogP contribution in [0.15, 0.2) is 18.2 Å². The molecule has 0 aliphatic heterocycles. The molecule has 0 amide bonds. The van der Waals surface area contributed by atoms with Crippen LogP contribution in [0.5, 0.6) is 0 Å². The lowest BCUT2D eigenvalue weighted by Gasteiger charge is -2.16. The predicted octanol–water partition coefficient (Wildman–Crippen LogP) is 2.68. The van der Waals surface area contributed by atoms with Crippen LogP contribution in [0.25, 0.3) is 0 Å². The smallest absolute Gasteiger partial charge is 0.142 e. The summed E-state index contributed by atoms with van der Waals surface area (Å²) >= 11 is 5.60. The Kier molecular flexibility index (Phi) is 5.74. The number of benzene rings is 1. The van der Waals surface area contributed by atoms with E-state index in [0.717, 1.165) is 24.9 Å². The summed E-state index contributed by atoms with van der Waals surface area (Å²) in [6.45, 7) is 1.81. The Labute approximate surface area is 101 Å². The van der Waals surface area contributed by atoms with Crippen molar-refractivity contribution in [3.8, 4) is 0 Å².